The van der Waals surface area contributed by atoms with Crippen molar-refractivity contribution in [2.45, 2.75) is 37.5 Å². The molecule has 38 heavy (non-hydrogen) atoms. The van der Waals surface area contributed by atoms with E-state index in [2.05, 4.69) is 5.32 Å². The summed E-state index contributed by atoms with van der Waals surface area (Å²) in [4.78, 5) is 13.6. The van der Waals surface area contributed by atoms with Crippen LogP contribution in [-0.2, 0) is 22.8 Å². The van der Waals surface area contributed by atoms with Crippen LogP contribution in [0, 0.1) is 5.82 Å². The molecule has 0 saturated carbocycles. The second kappa shape index (κ2) is 11.5. The highest BCUT2D eigenvalue weighted by Gasteiger charge is 2.32. The van der Waals surface area contributed by atoms with Gasteiger partial charge in [-0.3, -0.25) is 0 Å². The Morgan fingerprint density at radius 1 is 1.05 bits per heavy atom. The van der Waals surface area contributed by atoms with Crippen LogP contribution in [0.1, 0.15) is 25.0 Å². The van der Waals surface area contributed by atoms with Crippen molar-refractivity contribution in [1.29, 1.82) is 0 Å². The molecule has 0 atom stereocenters. The van der Waals surface area contributed by atoms with E-state index in [1.807, 2.05) is 0 Å². The number of amides is 2. The van der Waals surface area contributed by atoms with Crippen LogP contribution < -0.4 is 14.2 Å². The van der Waals surface area contributed by atoms with Crippen LogP contribution in [0.15, 0.2) is 65.6 Å². The lowest BCUT2D eigenvalue weighted by molar-refractivity contribution is -0.137. The molecule has 0 radical (unpaired) electrons. The maximum atomic E-state index is 13.4. The summed E-state index contributed by atoms with van der Waals surface area (Å²) in [5.41, 5.74) is -0.456. The summed E-state index contributed by atoms with van der Waals surface area (Å²) in [6.45, 7) is 3.48. The Kier molecular flexibility index (Phi) is 8.78. The van der Waals surface area contributed by atoms with Gasteiger partial charge in [0.05, 0.1) is 17.7 Å². The maximum absolute atomic E-state index is 13.4. The highest BCUT2D eigenvalue weighted by molar-refractivity contribution is 7.87. The summed E-state index contributed by atoms with van der Waals surface area (Å²) in [7, 11) is -3.41. The molecule has 0 saturated heterocycles. The molecule has 0 aliphatic carbocycles. The van der Waals surface area contributed by atoms with E-state index in [1.165, 1.54) is 36.3 Å². The minimum atomic E-state index is -4.75. The van der Waals surface area contributed by atoms with E-state index in [0.717, 1.165) is 24.3 Å². The molecule has 0 spiro atoms. The molecule has 2 amide bonds. The summed E-state index contributed by atoms with van der Waals surface area (Å²) in [6, 6.07) is 10.3. The second-order valence-electron chi connectivity index (χ2n) is 8.33. The van der Waals surface area contributed by atoms with E-state index in [1.54, 1.807) is 19.9 Å². The summed E-state index contributed by atoms with van der Waals surface area (Å²) >= 11 is 5.77. The smallest absolute Gasteiger partial charge is 0.416 e. The van der Waals surface area contributed by atoms with Gasteiger partial charge in [-0.25, -0.2) is 9.18 Å². The van der Waals surface area contributed by atoms with Crippen molar-refractivity contribution in [3.63, 3.8) is 0 Å². The van der Waals surface area contributed by atoms with Crippen molar-refractivity contribution in [2.75, 3.05) is 12.4 Å². The van der Waals surface area contributed by atoms with E-state index < -0.39 is 38.6 Å². The summed E-state index contributed by atoms with van der Waals surface area (Å²) in [6.07, 6.45) is -4.75. The molecular formula is C25H23ClF4N2O5S. The molecule has 0 aliphatic heterocycles. The van der Waals surface area contributed by atoms with Crippen molar-refractivity contribution >= 4 is 33.4 Å². The van der Waals surface area contributed by atoms with Gasteiger partial charge in [-0.1, -0.05) is 23.7 Å². The highest BCUT2D eigenvalue weighted by atomic mass is 35.5. The lowest BCUT2D eigenvalue weighted by Gasteiger charge is -2.27. The zero-order valence-corrected chi connectivity index (χ0v) is 21.9. The normalized spacial score (nSPS) is 11.8. The molecule has 0 aromatic heterocycles. The van der Waals surface area contributed by atoms with Gasteiger partial charge in [-0.2, -0.15) is 21.6 Å². The Morgan fingerprint density at radius 3 is 2.37 bits per heavy atom. The van der Waals surface area contributed by atoms with Crippen molar-refractivity contribution in [1.82, 2.24) is 4.90 Å². The summed E-state index contributed by atoms with van der Waals surface area (Å²) in [5, 5.41) is 2.45. The maximum Gasteiger partial charge on any atom is 0.416 e. The molecule has 3 rings (SSSR count). The summed E-state index contributed by atoms with van der Waals surface area (Å²) in [5.74, 6) is -0.918. The SMILES string of the molecule is COc1ccc(CN(C(=O)Nc2ccc(F)c(Cl)c2)C(C)C)cc1OS(=O)(=O)c1cccc(C(F)(F)F)c1. The summed E-state index contributed by atoms with van der Waals surface area (Å²) < 4.78 is 88.5. The number of halogens is 5. The van der Waals surface area contributed by atoms with Crippen molar-refractivity contribution in [3.05, 3.63) is 82.6 Å². The van der Waals surface area contributed by atoms with E-state index in [-0.39, 0.29) is 34.8 Å². The average Bonchev–Trinajstić information content (AvgIpc) is 2.84. The number of nitrogens with zero attached hydrogens (tertiary/aromatic N) is 1. The molecule has 3 aromatic rings. The second-order valence-corrected chi connectivity index (χ2v) is 10.3. The van der Waals surface area contributed by atoms with E-state index >= 15 is 0 Å². The highest BCUT2D eigenvalue weighted by Crippen LogP contribution is 2.34. The number of alkyl halides is 3. The van der Waals surface area contributed by atoms with Crippen LogP contribution in [0.5, 0.6) is 11.5 Å². The lowest BCUT2D eigenvalue weighted by Crippen LogP contribution is -2.39. The number of rotatable bonds is 8. The molecule has 1 N–H and O–H groups in total. The number of carbonyl (C=O) groups is 1. The standard InChI is InChI=1S/C25H23ClF4N2O5S/c1-15(2)32(24(33)31-18-8-9-21(27)20(26)13-18)14-16-7-10-22(36-3)23(11-16)37-38(34,35)19-6-4-5-17(12-19)25(28,29)30/h4-13,15H,14H2,1-3H3,(H,31,33). The first-order valence-electron chi connectivity index (χ1n) is 11.0. The van der Waals surface area contributed by atoms with Crippen LogP contribution in [0.25, 0.3) is 0 Å². The van der Waals surface area contributed by atoms with Gasteiger partial charge in [-0.05, 0) is 67.9 Å². The molecule has 0 unspecified atom stereocenters. The van der Waals surface area contributed by atoms with Gasteiger partial charge in [0.1, 0.15) is 10.7 Å². The number of benzene rings is 3. The number of hydrogen-bond donors (Lipinski definition) is 1. The molecule has 204 valence electrons. The fourth-order valence-corrected chi connectivity index (χ4v) is 4.49. The molecule has 0 fully saturated rings. The van der Waals surface area contributed by atoms with Gasteiger partial charge in [0, 0.05) is 18.3 Å². The monoisotopic (exact) mass is 574 g/mol. The minimum Gasteiger partial charge on any atom is -0.493 e. The number of hydrogen-bond acceptors (Lipinski definition) is 5. The molecule has 7 nitrogen and oxygen atoms in total. The number of nitrogens with one attached hydrogen (secondary N) is 1. The third-order valence-electron chi connectivity index (χ3n) is 5.29. The average molecular weight is 575 g/mol. The molecule has 0 heterocycles. The van der Waals surface area contributed by atoms with E-state index in [0.29, 0.717) is 11.6 Å². The minimum absolute atomic E-state index is 0.00537. The lowest BCUT2D eigenvalue weighted by atomic mass is 10.1. The van der Waals surface area contributed by atoms with Gasteiger partial charge in [0.25, 0.3) is 0 Å². The topological polar surface area (TPSA) is 84.9 Å². The van der Waals surface area contributed by atoms with Crippen LogP contribution in [0.3, 0.4) is 0 Å². The van der Waals surface area contributed by atoms with E-state index in [9.17, 15) is 30.8 Å². The van der Waals surface area contributed by atoms with Gasteiger partial charge < -0.3 is 19.1 Å². The zero-order chi connectivity index (χ0) is 28.3. The Labute approximate surface area is 222 Å². The Hall–Kier alpha value is -3.51. The number of anilines is 1. The zero-order valence-electron chi connectivity index (χ0n) is 20.3. The van der Waals surface area contributed by atoms with E-state index in [4.69, 9.17) is 20.5 Å². The molecule has 3 aromatic carbocycles. The van der Waals surface area contributed by atoms with Crippen LogP contribution in [-0.4, -0.2) is 32.5 Å². The van der Waals surface area contributed by atoms with Crippen molar-refractivity contribution in [2.24, 2.45) is 0 Å². The molecule has 13 heteroatoms. The Balaban J connectivity index is 1.87. The third-order valence-corrected chi connectivity index (χ3v) is 6.81. The first kappa shape index (κ1) is 29.1. The van der Waals surface area contributed by atoms with Gasteiger partial charge >= 0.3 is 22.3 Å². The predicted molar refractivity (Wildman–Crippen MR) is 133 cm³/mol. The first-order chi connectivity index (χ1) is 17.7. The van der Waals surface area contributed by atoms with Gasteiger partial charge in [-0.15, -0.1) is 0 Å². The van der Waals surface area contributed by atoms with Crippen molar-refractivity contribution in [3.8, 4) is 11.5 Å². The Bertz CT molecular complexity index is 1430. The third kappa shape index (κ3) is 7.07. The largest absolute Gasteiger partial charge is 0.493 e. The predicted octanol–water partition coefficient (Wildman–Crippen LogP) is 6.72. The van der Waals surface area contributed by atoms with Gasteiger partial charge in [0.15, 0.2) is 11.5 Å². The Morgan fingerprint density at radius 2 is 1.76 bits per heavy atom. The number of carbonyl (C=O) groups excluding carboxylic acids is 1. The number of urea groups is 1. The number of methoxy groups -OCH3 is 1. The fourth-order valence-electron chi connectivity index (χ4n) is 3.33. The van der Waals surface area contributed by atoms with Crippen LogP contribution in [0.2, 0.25) is 5.02 Å². The van der Waals surface area contributed by atoms with Gasteiger partial charge in [0.2, 0.25) is 0 Å². The molecule has 0 bridgehead atoms. The van der Waals surface area contributed by atoms with Crippen LogP contribution >= 0.6 is 11.6 Å². The number of ether oxygens (including phenoxy) is 1. The quantitative estimate of drug-likeness (QED) is 0.239. The van der Waals surface area contributed by atoms with Crippen LogP contribution in [0.4, 0.5) is 28.0 Å². The van der Waals surface area contributed by atoms with Crippen molar-refractivity contribution < 1.29 is 39.7 Å². The fraction of sp³-hybridized carbons (Fsp3) is 0.240. The first-order valence-corrected chi connectivity index (χ1v) is 12.8. The molecule has 0 aliphatic rings. The molecular weight excluding hydrogens is 552 g/mol.